The maximum absolute atomic E-state index is 11.8. The zero-order chi connectivity index (χ0) is 18.8. The standard InChI is InChI=1S/C20H24N2O3S/c1-15-3-7-17(8-4-15)22-20(24)14-26-13-19(23)21-11-12-25-18-9-5-16(2)6-10-18/h3-10H,11-14H2,1-2H3,(H,21,23)(H,22,24). The van der Waals surface area contributed by atoms with E-state index in [9.17, 15) is 9.59 Å². The van der Waals surface area contributed by atoms with E-state index in [0.29, 0.717) is 13.2 Å². The Morgan fingerprint density at radius 3 is 2.12 bits per heavy atom. The summed E-state index contributed by atoms with van der Waals surface area (Å²) in [7, 11) is 0. The van der Waals surface area contributed by atoms with Crippen LogP contribution < -0.4 is 15.4 Å². The topological polar surface area (TPSA) is 67.4 Å². The number of anilines is 1. The smallest absolute Gasteiger partial charge is 0.234 e. The average molecular weight is 372 g/mol. The Hall–Kier alpha value is -2.47. The molecule has 0 spiro atoms. The van der Waals surface area contributed by atoms with Crippen LogP contribution in [0.3, 0.4) is 0 Å². The summed E-state index contributed by atoms with van der Waals surface area (Å²) in [6, 6.07) is 15.4. The van der Waals surface area contributed by atoms with Gasteiger partial charge in [0.05, 0.1) is 18.1 Å². The molecule has 2 N–H and O–H groups in total. The van der Waals surface area contributed by atoms with Gasteiger partial charge in [-0.3, -0.25) is 9.59 Å². The van der Waals surface area contributed by atoms with Crippen molar-refractivity contribution < 1.29 is 14.3 Å². The van der Waals surface area contributed by atoms with E-state index in [4.69, 9.17) is 4.74 Å². The molecule has 2 aromatic carbocycles. The van der Waals surface area contributed by atoms with Crippen LogP contribution in [0.2, 0.25) is 0 Å². The second-order valence-corrected chi connectivity index (χ2v) is 6.90. The fraction of sp³-hybridized carbons (Fsp3) is 0.300. The molecule has 2 rings (SSSR count). The Morgan fingerprint density at radius 1 is 0.885 bits per heavy atom. The molecule has 2 amide bonds. The molecule has 0 aromatic heterocycles. The summed E-state index contributed by atoms with van der Waals surface area (Å²) in [5.41, 5.74) is 3.08. The molecule has 0 fully saturated rings. The average Bonchev–Trinajstić information content (AvgIpc) is 2.62. The molecule has 0 aliphatic carbocycles. The Balaban J connectivity index is 1.54. The molecule has 0 saturated carbocycles. The molecule has 138 valence electrons. The number of thioether (sulfide) groups is 1. The quantitative estimate of drug-likeness (QED) is 0.664. The minimum Gasteiger partial charge on any atom is -0.492 e. The maximum atomic E-state index is 11.8. The number of hydrogen-bond donors (Lipinski definition) is 2. The molecule has 0 bridgehead atoms. The van der Waals surface area contributed by atoms with Gasteiger partial charge in [-0.15, -0.1) is 11.8 Å². The zero-order valence-electron chi connectivity index (χ0n) is 15.1. The van der Waals surface area contributed by atoms with Crippen LogP contribution in [0.5, 0.6) is 5.75 Å². The molecule has 0 aliphatic heterocycles. The summed E-state index contributed by atoms with van der Waals surface area (Å²) in [4.78, 5) is 23.6. The molecule has 26 heavy (non-hydrogen) atoms. The highest BCUT2D eigenvalue weighted by Gasteiger charge is 2.06. The number of nitrogens with one attached hydrogen (secondary N) is 2. The van der Waals surface area contributed by atoms with Crippen LogP contribution in [-0.2, 0) is 9.59 Å². The van der Waals surface area contributed by atoms with E-state index < -0.39 is 0 Å². The predicted molar refractivity (Wildman–Crippen MR) is 107 cm³/mol. The van der Waals surface area contributed by atoms with Crippen LogP contribution in [0.15, 0.2) is 48.5 Å². The molecule has 0 aliphatic rings. The van der Waals surface area contributed by atoms with Crippen molar-refractivity contribution in [2.45, 2.75) is 13.8 Å². The van der Waals surface area contributed by atoms with Gasteiger partial charge in [0.2, 0.25) is 11.8 Å². The highest BCUT2D eigenvalue weighted by Crippen LogP contribution is 2.11. The van der Waals surface area contributed by atoms with Gasteiger partial charge in [0.25, 0.3) is 0 Å². The first-order chi connectivity index (χ1) is 12.5. The molecule has 0 heterocycles. The normalized spacial score (nSPS) is 10.2. The highest BCUT2D eigenvalue weighted by atomic mass is 32.2. The Bertz CT molecular complexity index is 715. The molecular formula is C20H24N2O3S. The summed E-state index contributed by atoms with van der Waals surface area (Å²) >= 11 is 1.28. The van der Waals surface area contributed by atoms with Gasteiger partial charge >= 0.3 is 0 Å². The molecular weight excluding hydrogens is 348 g/mol. The van der Waals surface area contributed by atoms with Crippen molar-refractivity contribution >= 4 is 29.3 Å². The third kappa shape index (κ3) is 7.61. The molecule has 0 unspecified atom stereocenters. The zero-order valence-corrected chi connectivity index (χ0v) is 15.9. The monoisotopic (exact) mass is 372 g/mol. The lowest BCUT2D eigenvalue weighted by Gasteiger charge is -2.08. The summed E-state index contributed by atoms with van der Waals surface area (Å²) in [5, 5.41) is 5.58. The molecule has 5 nitrogen and oxygen atoms in total. The van der Waals surface area contributed by atoms with Crippen molar-refractivity contribution in [2.75, 3.05) is 30.0 Å². The summed E-state index contributed by atoms with van der Waals surface area (Å²) < 4.78 is 5.54. The van der Waals surface area contributed by atoms with E-state index in [1.54, 1.807) is 0 Å². The van der Waals surface area contributed by atoms with Gasteiger partial charge in [-0.05, 0) is 38.1 Å². The molecule has 6 heteroatoms. The number of rotatable bonds is 9. The van der Waals surface area contributed by atoms with Gasteiger partial charge < -0.3 is 15.4 Å². The van der Waals surface area contributed by atoms with Crippen molar-refractivity contribution in [2.24, 2.45) is 0 Å². The second kappa shape index (κ2) is 10.5. The number of ether oxygens (including phenoxy) is 1. The van der Waals surface area contributed by atoms with Crippen molar-refractivity contribution in [1.82, 2.24) is 5.32 Å². The minimum absolute atomic E-state index is 0.106. The van der Waals surface area contributed by atoms with Gasteiger partial charge in [-0.1, -0.05) is 35.4 Å². The second-order valence-electron chi connectivity index (χ2n) is 5.92. The summed E-state index contributed by atoms with van der Waals surface area (Å²) in [5.74, 6) is 1.04. The number of amides is 2. The summed E-state index contributed by atoms with van der Waals surface area (Å²) in [6.45, 7) is 4.85. The number of aryl methyl sites for hydroxylation is 2. The van der Waals surface area contributed by atoms with Gasteiger partial charge in [-0.25, -0.2) is 0 Å². The van der Waals surface area contributed by atoms with E-state index in [0.717, 1.165) is 17.0 Å². The van der Waals surface area contributed by atoms with Gasteiger partial charge in [-0.2, -0.15) is 0 Å². The minimum atomic E-state index is -0.116. The van der Waals surface area contributed by atoms with Crippen molar-refractivity contribution in [3.8, 4) is 5.75 Å². The van der Waals surface area contributed by atoms with Crippen molar-refractivity contribution in [3.05, 3.63) is 59.7 Å². The maximum Gasteiger partial charge on any atom is 0.234 e. The van der Waals surface area contributed by atoms with E-state index in [1.165, 1.54) is 17.3 Å². The molecule has 0 atom stereocenters. The van der Waals surface area contributed by atoms with E-state index in [-0.39, 0.29) is 23.3 Å². The SMILES string of the molecule is Cc1ccc(NC(=O)CSCC(=O)NCCOc2ccc(C)cc2)cc1. The largest absolute Gasteiger partial charge is 0.492 e. The van der Waals surface area contributed by atoms with Crippen LogP contribution in [-0.4, -0.2) is 36.5 Å². The van der Waals surface area contributed by atoms with Crippen molar-refractivity contribution in [3.63, 3.8) is 0 Å². The Morgan fingerprint density at radius 2 is 1.46 bits per heavy atom. The fourth-order valence-electron chi connectivity index (χ4n) is 2.12. The van der Waals surface area contributed by atoms with E-state index >= 15 is 0 Å². The third-order valence-corrected chi connectivity index (χ3v) is 4.45. The molecule has 0 saturated heterocycles. The van der Waals surface area contributed by atoms with Gasteiger partial charge in [0, 0.05) is 5.69 Å². The number of carbonyl (C=O) groups is 2. The van der Waals surface area contributed by atoms with E-state index in [2.05, 4.69) is 10.6 Å². The first-order valence-electron chi connectivity index (χ1n) is 8.43. The van der Waals surface area contributed by atoms with Crippen molar-refractivity contribution in [1.29, 1.82) is 0 Å². The lowest BCUT2D eigenvalue weighted by atomic mass is 10.2. The van der Waals surface area contributed by atoms with Crippen LogP contribution in [0.4, 0.5) is 5.69 Å². The Kier molecular flexibility index (Phi) is 8.02. The van der Waals surface area contributed by atoms with E-state index in [1.807, 2.05) is 62.4 Å². The Labute approximate surface area is 158 Å². The van der Waals surface area contributed by atoms with Gasteiger partial charge in [0.1, 0.15) is 12.4 Å². The van der Waals surface area contributed by atoms with Gasteiger partial charge in [0.15, 0.2) is 0 Å². The fourth-order valence-corrected chi connectivity index (χ4v) is 2.76. The number of benzene rings is 2. The number of hydrogen-bond acceptors (Lipinski definition) is 4. The molecule has 2 aromatic rings. The van der Waals surface area contributed by atoms with Crippen LogP contribution in [0.1, 0.15) is 11.1 Å². The first kappa shape index (κ1) is 19.8. The van der Waals surface area contributed by atoms with Crippen LogP contribution in [0.25, 0.3) is 0 Å². The molecule has 0 radical (unpaired) electrons. The third-order valence-electron chi connectivity index (χ3n) is 3.52. The first-order valence-corrected chi connectivity index (χ1v) is 9.59. The highest BCUT2D eigenvalue weighted by molar-refractivity contribution is 8.00. The predicted octanol–water partition coefficient (Wildman–Crippen LogP) is 3.17. The lowest BCUT2D eigenvalue weighted by Crippen LogP contribution is -2.30. The van der Waals surface area contributed by atoms with Crippen LogP contribution in [0, 0.1) is 13.8 Å². The van der Waals surface area contributed by atoms with Crippen LogP contribution >= 0.6 is 11.8 Å². The lowest BCUT2D eigenvalue weighted by molar-refractivity contribution is -0.118. The number of carbonyl (C=O) groups excluding carboxylic acids is 2. The summed E-state index contributed by atoms with van der Waals surface area (Å²) in [6.07, 6.45) is 0.